The van der Waals surface area contributed by atoms with Gasteiger partial charge in [0.15, 0.2) is 0 Å². The van der Waals surface area contributed by atoms with Gasteiger partial charge in [-0.05, 0) is 12.8 Å². The summed E-state index contributed by atoms with van der Waals surface area (Å²) in [5, 5.41) is 12.4. The summed E-state index contributed by atoms with van der Waals surface area (Å²) in [6, 6.07) is 0.501. The summed E-state index contributed by atoms with van der Waals surface area (Å²) in [5.41, 5.74) is -0.0804. The van der Waals surface area contributed by atoms with E-state index in [2.05, 4.69) is 5.32 Å². The molecule has 0 aromatic heterocycles. The predicted molar refractivity (Wildman–Crippen MR) is 44.0 cm³/mol. The second kappa shape index (κ2) is 3.27. The minimum atomic E-state index is -0.0804. The third kappa shape index (κ3) is 1.51. The lowest BCUT2D eigenvalue weighted by molar-refractivity contribution is 0.00521. The van der Waals surface area contributed by atoms with Gasteiger partial charge in [0.25, 0.3) is 0 Å². The summed E-state index contributed by atoms with van der Waals surface area (Å²) in [4.78, 5) is 0. The van der Waals surface area contributed by atoms with E-state index in [1.54, 1.807) is 0 Å². The molecule has 2 heterocycles. The van der Waals surface area contributed by atoms with Crippen molar-refractivity contribution in [3.05, 3.63) is 0 Å². The van der Waals surface area contributed by atoms with Crippen molar-refractivity contribution in [1.82, 2.24) is 5.32 Å². The molecule has 4 heteroatoms. The summed E-state index contributed by atoms with van der Waals surface area (Å²) in [6.07, 6.45) is 2.22. The minimum Gasteiger partial charge on any atom is -0.394 e. The van der Waals surface area contributed by atoms with Crippen LogP contribution in [0.15, 0.2) is 0 Å². The normalized spacial score (nSPS) is 41.7. The Labute approximate surface area is 72.5 Å². The van der Waals surface area contributed by atoms with Crippen LogP contribution in [-0.4, -0.2) is 36.5 Å². The summed E-state index contributed by atoms with van der Waals surface area (Å²) in [5.74, 6) is 0. The smallest absolute Gasteiger partial charge is 0.0671 e. The molecule has 0 radical (unpaired) electrons. The van der Waals surface area contributed by atoms with Gasteiger partial charge in [0.1, 0.15) is 0 Å². The predicted octanol–water partition coefficient (Wildman–Crippen LogP) is -0.0785. The van der Waals surface area contributed by atoms with Crippen LogP contribution in [0.4, 0.5) is 0 Å². The van der Waals surface area contributed by atoms with Gasteiger partial charge in [0.05, 0.1) is 25.4 Å². The van der Waals surface area contributed by atoms with E-state index in [9.17, 15) is 0 Å². The molecule has 2 bridgehead atoms. The van der Waals surface area contributed by atoms with E-state index in [4.69, 9.17) is 9.84 Å². The van der Waals surface area contributed by atoms with Gasteiger partial charge < -0.3 is 15.2 Å². The highest BCUT2D eigenvalue weighted by Gasteiger charge is 2.41. The Bertz CT molecular complexity index is 140. The number of ether oxygens (including phenoxy) is 1. The van der Waals surface area contributed by atoms with Gasteiger partial charge in [-0.25, -0.2) is 0 Å². The molecule has 3 nitrogen and oxygen atoms in total. The van der Waals surface area contributed by atoms with Gasteiger partial charge >= 0.3 is 0 Å². The number of aliphatic hydroxyl groups is 1. The first-order valence-electron chi connectivity index (χ1n) is 3.81. The van der Waals surface area contributed by atoms with Gasteiger partial charge in [-0.15, -0.1) is 12.4 Å². The molecule has 0 spiro atoms. The van der Waals surface area contributed by atoms with Gasteiger partial charge in [-0.1, -0.05) is 0 Å². The molecule has 66 valence electrons. The molecular weight excluding hydrogens is 166 g/mol. The second-order valence-electron chi connectivity index (χ2n) is 3.33. The summed E-state index contributed by atoms with van der Waals surface area (Å²) in [7, 11) is 0. The van der Waals surface area contributed by atoms with Gasteiger partial charge in [0.2, 0.25) is 0 Å². The van der Waals surface area contributed by atoms with Crippen LogP contribution in [0.1, 0.15) is 12.8 Å². The number of nitrogens with one attached hydrogen (secondary N) is 1. The Morgan fingerprint density at radius 3 is 3.09 bits per heavy atom. The quantitative estimate of drug-likeness (QED) is 0.592. The van der Waals surface area contributed by atoms with Crippen molar-refractivity contribution in [1.29, 1.82) is 0 Å². The van der Waals surface area contributed by atoms with Crippen LogP contribution >= 0.6 is 12.4 Å². The van der Waals surface area contributed by atoms with E-state index in [0.29, 0.717) is 12.6 Å². The minimum absolute atomic E-state index is 0. The molecule has 2 unspecified atom stereocenters. The number of hydrogen-bond donors (Lipinski definition) is 2. The maximum absolute atomic E-state index is 9.03. The Balaban J connectivity index is 0.000000605. The average molecular weight is 180 g/mol. The fourth-order valence-corrected chi connectivity index (χ4v) is 1.83. The van der Waals surface area contributed by atoms with E-state index in [1.807, 2.05) is 0 Å². The molecule has 2 saturated heterocycles. The highest BCUT2D eigenvalue weighted by atomic mass is 35.5. The van der Waals surface area contributed by atoms with E-state index >= 15 is 0 Å². The SMILES string of the molecule is Cl.OCC12CCC(COC1)N2. The van der Waals surface area contributed by atoms with Crippen LogP contribution in [0.2, 0.25) is 0 Å². The molecule has 0 amide bonds. The van der Waals surface area contributed by atoms with Crippen LogP contribution in [0.3, 0.4) is 0 Å². The van der Waals surface area contributed by atoms with Crippen molar-refractivity contribution < 1.29 is 9.84 Å². The molecule has 2 fully saturated rings. The number of morpholine rings is 1. The van der Waals surface area contributed by atoms with Gasteiger partial charge in [0, 0.05) is 6.04 Å². The van der Waals surface area contributed by atoms with Crippen LogP contribution in [0.25, 0.3) is 0 Å². The lowest BCUT2D eigenvalue weighted by Gasteiger charge is -2.32. The third-order valence-corrected chi connectivity index (χ3v) is 2.48. The Morgan fingerprint density at radius 1 is 1.64 bits per heavy atom. The first-order valence-corrected chi connectivity index (χ1v) is 3.81. The Kier molecular flexibility index (Phi) is 2.75. The molecule has 0 aromatic carbocycles. The molecule has 2 rings (SSSR count). The fraction of sp³-hybridized carbons (Fsp3) is 1.00. The van der Waals surface area contributed by atoms with E-state index in [-0.39, 0.29) is 24.6 Å². The molecule has 0 aliphatic carbocycles. The molecular formula is C7H14ClNO2. The van der Waals surface area contributed by atoms with Gasteiger partial charge in [-0.3, -0.25) is 0 Å². The number of hydrogen-bond acceptors (Lipinski definition) is 3. The Morgan fingerprint density at radius 2 is 2.45 bits per heavy atom. The van der Waals surface area contributed by atoms with Crippen molar-refractivity contribution >= 4 is 12.4 Å². The van der Waals surface area contributed by atoms with Crippen LogP contribution in [0.5, 0.6) is 0 Å². The molecule has 2 aliphatic rings. The molecule has 0 saturated carbocycles. The van der Waals surface area contributed by atoms with E-state index in [0.717, 1.165) is 19.4 Å². The highest BCUT2D eigenvalue weighted by molar-refractivity contribution is 5.85. The molecule has 0 aromatic rings. The first kappa shape index (κ1) is 9.26. The fourth-order valence-electron chi connectivity index (χ4n) is 1.83. The lowest BCUT2D eigenvalue weighted by Crippen LogP contribution is -2.54. The lowest BCUT2D eigenvalue weighted by atomic mass is 10.0. The molecule has 2 aliphatic heterocycles. The van der Waals surface area contributed by atoms with Crippen molar-refractivity contribution in [2.45, 2.75) is 24.4 Å². The standard InChI is InChI=1S/C7H13NO2.ClH/c9-4-7-2-1-6(8-7)3-10-5-7;/h6,8-9H,1-5H2;1H. The zero-order valence-electron chi connectivity index (χ0n) is 6.38. The maximum atomic E-state index is 9.03. The van der Waals surface area contributed by atoms with Crippen molar-refractivity contribution in [3.8, 4) is 0 Å². The van der Waals surface area contributed by atoms with E-state index in [1.165, 1.54) is 0 Å². The maximum Gasteiger partial charge on any atom is 0.0671 e. The van der Waals surface area contributed by atoms with Crippen molar-refractivity contribution in [2.24, 2.45) is 0 Å². The summed E-state index contributed by atoms with van der Waals surface area (Å²) < 4.78 is 5.33. The molecule has 2 atom stereocenters. The van der Waals surface area contributed by atoms with Gasteiger partial charge in [-0.2, -0.15) is 0 Å². The number of rotatable bonds is 1. The summed E-state index contributed by atoms with van der Waals surface area (Å²) in [6.45, 7) is 1.71. The number of halogens is 1. The second-order valence-corrected chi connectivity index (χ2v) is 3.33. The van der Waals surface area contributed by atoms with Crippen molar-refractivity contribution in [2.75, 3.05) is 19.8 Å². The highest BCUT2D eigenvalue weighted by Crippen LogP contribution is 2.27. The molecule has 11 heavy (non-hydrogen) atoms. The number of fused-ring (bicyclic) bond motifs is 2. The largest absolute Gasteiger partial charge is 0.394 e. The zero-order chi connectivity index (χ0) is 7.03. The average Bonchev–Trinajstić information content (AvgIpc) is 2.29. The number of aliphatic hydroxyl groups excluding tert-OH is 1. The molecule has 2 N–H and O–H groups in total. The topological polar surface area (TPSA) is 41.5 Å². The zero-order valence-corrected chi connectivity index (χ0v) is 7.19. The van der Waals surface area contributed by atoms with E-state index < -0.39 is 0 Å². The first-order chi connectivity index (χ1) is 4.85. The van der Waals surface area contributed by atoms with Crippen LogP contribution < -0.4 is 5.32 Å². The third-order valence-electron chi connectivity index (χ3n) is 2.48. The van der Waals surface area contributed by atoms with Crippen molar-refractivity contribution in [3.63, 3.8) is 0 Å². The monoisotopic (exact) mass is 179 g/mol. The van der Waals surface area contributed by atoms with Crippen LogP contribution in [0, 0.1) is 0 Å². The van der Waals surface area contributed by atoms with Crippen LogP contribution in [-0.2, 0) is 4.74 Å². The Hall–Kier alpha value is 0.170. The summed E-state index contributed by atoms with van der Waals surface area (Å²) >= 11 is 0.